The number of hydrogen-bond donors (Lipinski definition) is 1. The van der Waals surface area contributed by atoms with E-state index in [0.29, 0.717) is 11.3 Å². The second kappa shape index (κ2) is 15.5. The fourth-order valence-electron chi connectivity index (χ4n) is 4.70. The predicted octanol–water partition coefficient (Wildman–Crippen LogP) is 6.59. The number of benzene rings is 3. The standard InChI is InChI=1S/C32H38Cl3N3O7S/c1-8-25(31(40)36-32(2,3)4)37(18-22-23(34)10-9-11-24(22)35)30(39)19-38(26-16-20(33)12-14-27(26)43-5)46(41,42)21-13-15-28(44-6)29(17-21)45-7/h9-17,25H,8,18-19H2,1-7H3,(H,36,40)/t25-/m0/s1. The Morgan fingerprint density at radius 3 is 2.00 bits per heavy atom. The molecule has 0 aliphatic rings. The Balaban J connectivity index is 2.22. The molecule has 3 aromatic rings. The van der Waals surface area contributed by atoms with Gasteiger partial charge in [0.15, 0.2) is 11.5 Å². The van der Waals surface area contributed by atoms with Gasteiger partial charge >= 0.3 is 0 Å². The molecule has 3 aromatic carbocycles. The molecule has 0 saturated carbocycles. The number of halogens is 3. The zero-order chi connectivity index (χ0) is 34.4. The van der Waals surface area contributed by atoms with Gasteiger partial charge in [-0.3, -0.25) is 13.9 Å². The van der Waals surface area contributed by atoms with Gasteiger partial charge in [0.1, 0.15) is 18.3 Å². The normalized spacial score (nSPS) is 12.2. The van der Waals surface area contributed by atoms with Crippen molar-refractivity contribution in [3.05, 3.63) is 75.2 Å². The summed E-state index contributed by atoms with van der Waals surface area (Å²) in [6.07, 6.45) is 0.207. The van der Waals surface area contributed by atoms with Crippen molar-refractivity contribution in [2.45, 2.75) is 57.1 Å². The summed E-state index contributed by atoms with van der Waals surface area (Å²) in [6, 6.07) is 12.3. The minimum absolute atomic E-state index is 0.000974. The van der Waals surface area contributed by atoms with Crippen LogP contribution in [0.25, 0.3) is 0 Å². The van der Waals surface area contributed by atoms with Crippen molar-refractivity contribution in [2.75, 3.05) is 32.2 Å². The zero-order valence-corrected chi connectivity index (χ0v) is 29.8. The maximum atomic E-state index is 14.4. The van der Waals surface area contributed by atoms with Crippen LogP contribution in [0.15, 0.2) is 59.5 Å². The SMILES string of the molecule is CC[C@@H](C(=O)NC(C)(C)C)N(Cc1c(Cl)cccc1Cl)C(=O)CN(c1cc(Cl)ccc1OC)S(=O)(=O)c1ccc(OC)c(OC)c1. The van der Waals surface area contributed by atoms with E-state index in [1.54, 1.807) is 25.1 Å². The molecule has 10 nitrogen and oxygen atoms in total. The lowest BCUT2D eigenvalue weighted by Gasteiger charge is -2.35. The van der Waals surface area contributed by atoms with E-state index in [9.17, 15) is 18.0 Å². The van der Waals surface area contributed by atoms with Crippen molar-refractivity contribution >= 4 is 62.3 Å². The van der Waals surface area contributed by atoms with E-state index in [0.717, 1.165) is 4.31 Å². The minimum Gasteiger partial charge on any atom is -0.495 e. The van der Waals surface area contributed by atoms with Gasteiger partial charge in [0, 0.05) is 38.8 Å². The van der Waals surface area contributed by atoms with Crippen molar-refractivity contribution in [3.63, 3.8) is 0 Å². The van der Waals surface area contributed by atoms with E-state index in [2.05, 4.69) is 5.32 Å². The molecule has 1 atom stereocenters. The number of hydrogen-bond acceptors (Lipinski definition) is 7. The van der Waals surface area contributed by atoms with E-state index in [1.165, 1.54) is 62.6 Å². The maximum absolute atomic E-state index is 14.4. The van der Waals surface area contributed by atoms with Gasteiger partial charge in [0.2, 0.25) is 11.8 Å². The number of carbonyl (C=O) groups excluding carboxylic acids is 2. The molecule has 0 bridgehead atoms. The first-order chi connectivity index (χ1) is 21.6. The number of sulfonamides is 1. The Kier molecular flexibility index (Phi) is 12.5. The Hall–Kier alpha value is -3.38. The molecule has 3 rings (SSSR count). The van der Waals surface area contributed by atoms with Crippen LogP contribution in [-0.2, 0) is 26.2 Å². The average Bonchev–Trinajstić information content (AvgIpc) is 2.99. The number of anilines is 1. The molecule has 0 aromatic heterocycles. The fourth-order valence-corrected chi connectivity index (χ4v) is 6.82. The van der Waals surface area contributed by atoms with Crippen LogP contribution in [0, 0.1) is 0 Å². The summed E-state index contributed by atoms with van der Waals surface area (Å²) in [5.41, 5.74) is -0.213. The van der Waals surface area contributed by atoms with Gasteiger partial charge in [-0.15, -0.1) is 0 Å². The van der Waals surface area contributed by atoms with E-state index >= 15 is 0 Å². The van der Waals surface area contributed by atoms with Crippen LogP contribution in [0.2, 0.25) is 15.1 Å². The lowest BCUT2D eigenvalue weighted by molar-refractivity contribution is -0.141. The highest BCUT2D eigenvalue weighted by molar-refractivity contribution is 7.92. The number of ether oxygens (including phenoxy) is 3. The molecule has 0 saturated heterocycles. The number of nitrogens with zero attached hydrogens (tertiary/aromatic N) is 2. The minimum atomic E-state index is -4.50. The third kappa shape index (κ3) is 8.70. The van der Waals surface area contributed by atoms with E-state index < -0.39 is 40.0 Å². The third-order valence-corrected chi connectivity index (χ3v) is 9.60. The van der Waals surface area contributed by atoms with E-state index in [4.69, 9.17) is 49.0 Å². The van der Waals surface area contributed by atoms with Crippen LogP contribution in [0.4, 0.5) is 5.69 Å². The van der Waals surface area contributed by atoms with Crippen molar-refractivity contribution in [1.82, 2.24) is 10.2 Å². The number of nitrogens with one attached hydrogen (secondary N) is 1. The molecule has 0 heterocycles. The molecule has 0 spiro atoms. The molecule has 0 aliphatic carbocycles. The summed E-state index contributed by atoms with van der Waals surface area (Å²) in [7, 11) is -0.335. The summed E-state index contributed by atoms with van der Waals surface area (Å²) >= 11 is 19.3. The molecule has 0 unspecified atom stereocenters. The molecule has 0 fully saturated rings. The highest BCUT2D eigenvalue weighted by atomic mass is 35.5. The average molecular weight is 715 g/mol. The second-order valence-corrected chi connectivity index (χ2v) is 14.3. The quantitative estimate of drug-likeness (QED) is 0.213. The zero-order valence-electron chi connectivity index (χ0n) is 26.7. The van der Waals surface area contributed by atoms with Gasteiger partial charge in [0.05, 0.1) is 31.9 Å². The summed E-state index contributed by atoms with van der Waals surface area (Å²) in [4.78, 5) is 29.1. The van der Waals surface area contributed by atoms with Crippen molar-refractivity contribution in [2.24, 2.45) is 0 Å². The summed E-state index contributed by atoms with van der Waals surface area (Å²) in [5, 5.41) is 3.68. The van der Waals surface area contributed by atoms with Gasteiger partial charge in [-0.2, -0.15) is 0 Å². The first-order valence-electron chi connectivity index (χ1n) is 14.2. The smallest absolute Gasteiger partial charge is 0.265 e. The molecule has 2 amide bonds. The number of rotatable bonds is 13. The monoisotopic (exact) mass is 713 g/mol. The predicted molar refractivity (Wildman–Crippen MR) is 181 cm³/mol. The number of methoxy groups -OCH3 is 3. The third-order valence-electron chi connectivity index (χ3n) is 6.91. The lowest BCUT2D eigenvalue weighted by Crippen LogP contribution is -2.55. The van der Waals surface area contributed by atoms with Crippen LogP contribution in [0.5, 0.6) is 17.2 Å². The summed E-state index contributed by atoms with van der Waals surface area (Å²) in [5.74, 6) is -0.533. The molecule has 1 N–H and O–H groups in total. The first kappa shape index (κ1) is 37.1. The van der Waals surface area contributed by atoms with Crippen molar-refractivity contribution in [3.8, 4) is 17.2 Å². The van der Waals surface area contributed by atoms with E-state index in [-0.39, 0.29) is 50.1 Å². The molecule has 0 aliphatic heterocycles. The molecular formula is C32H38Cl3N3O7S. The lowest BCUT2D eigenvalue weighted by atomic mass is 10.1. The highest BCUT2D eigenvalue weighted by Crippen LogP contribution is 2.37. The van der Waals surface area contributed by atoms with Crippen LogP contribution in [0.3, 0.4) is 0 Å². The Bertz CT molecular complexity index is 1660. The van der Waals surface area contributed by atoms with Crippen LogP contribution < -0.4 is 23.8 Å². The second-order valence-electron chi connectivity index (χ2n) is 11.2. The van der Waals surface area contributed by atoms with Gasteiger partial charge in [-0.1, -0.05) is 47.8 Å². The molecule has 46 heavy (non-hydrogen) atoms. The summed E-state index contributed by atoms with van der Waals surface area (Å²) in [6.45, 7) is 6.28. The number of carbonyl (C=O) groups is 2. The molecule has 14 heteroatoms. The topological polar surface area (TPSA) is 114 Å². The van der Waals surface area contributed by atoms with Crippen LogP contribution >= 0.6 is 34.8 Å². The van der Waals surface area contributed by atoms with E-state index in [1.807, 2.05) is 20.8 Å². The van der Waals surface area contributed by atoms with Crippen molar-refractivity contribution in [1.29, 1.82) is 0 Å². The van der Waals surface area contributed by atoms with Gasteiger partial charge in [-0.25, -0.2) is 8.42 Å². The van der Waals surface area contributed by atoms with Gasteiger partial charge in [-0.05, 0) is 69.7 Å². The Morgan fingerprint density at radius 1 is 0.870 bits per heavy atom. The maximum Gasteiger partial charge on any atom is 0.265 e. The molecule has 0 radical (unpaired) electrons. The number of amides is 2. The Labute approximate surface area is 285 Å². The molecular weight excluding hydrogens is 677 g/mol. The van der Waals surface area contributed by atoms with Crippen molar-refractivity contribution < 1.29 is 32.2 Å². The summed E-state index contributed by atoms with van der Waals surface area (Å²) < 4.78 is 45.8. The Morgan fingerprint density at radius 2 is 1.46 bits per heavy atom. The van der Waals surface area contributed by atoms with Gasteiger partial charge in [0.25, 0.3) is 10.0 Å². The first-order valence-corrected chi connectivity index (χ1v) is 16.8. The fraction of sp³-hybridized carbons (Fsp3) is 0.375. The molecule has 250 valence electrons. The largest absolute Gasteiger partial charge is 0.495 e. The van der Waals surface area contributed by atoms with Gasteiger partial charge < -0.3 is 24.4 Å². The van der Waals surface area contributed by atoms with Crippen LogP contribution in [0.1, 0.15) is 39.7 Å². The van der Waals surface area contributed by atoms with Crippen LogP contribution in [-0.4, -0.2) is 64.6 Å². The highest BCUT2D eigenvalue weighted by Gasteiger charge is 2.36.